The maximum atomic E-state index is 12.0. The normalized spacial score (nSPS) is 18.2. The van der Waals surface area contributed by atoms with Gasteiger partial charge in [0.1, 0.15) is 5.82 Å². The molecule has 1 unspecified atom stereocenters. The first-order valence-corrected chi connectivity index (χ1v) is 11.8. The molecule has 1 fully saturated rings. The summed E-state index contributed by atoms with van der Waals surface area (Å²) in [5.74, 6) is 0.695. The van der Waals surface area contributed by atoms with Gasteiger partial charge in [0.25, 0.3) is 0 Å². The van der Waals surface area contributed by atoms with Crippen LogP contribution in [-0.2, 0) is 16.6 Å². The first kappa shape index (κ1) is 20.3. The van der Waals surface area contributed by atoms with Crippen LogP contribution in [0, 0.1) is 4.77 Å². The van der Waals surface area contributed by atoms with Gasteiger partial charge in [-0.05, 0) is 42.8 Å². The molecule has 1 aliphatic rings. The average Bonchev–Trinajstić information content (AvgIpc) is 3.29. The molecule has 1 aliphatic heterocycles. The number of sulfonamides is 1. The van der Waals surface area contributed by atoms with E-state index in [9.17, 15) is 8.42 Å². The second-order valence-corrected chi connectivity index (χ2v) is 10.0. The molecule has 3 heterocycles. The van der Waals surface area contributed by atoms with Crippen LogP contribution in [0.1, 0.15) is 30.1 Å². The van der Waals surface area contributed by atoms with Gasteiger partial charge in [-0.25, -0.2) is 12.7 Å². The van der Waals surface area contributed by atoms with Gasteiger partial charge < -0.3 is 0 Å². The number of benzene rings is 1. The van der Waals surface area contributed by atoms with E-state index in [-0.39, 0.29) is 5.92 Å². The number of piperidine rings is 1. The van der Waals surface area contributed by atoms with E-state index in [4.69, 9.17) is 23.8 Å². The Morgan fingerprint density at radius 3 is 2.79 bits per heavy atom. The first-order chi connectivity index (χ1) is 13.8. The maximum absolute atomic E-state index is 12.0. The minimum atomic E-state index is -3.24. The van der Waals surface area contributed by atoms with Gasteiger partial charge in [-0.1, -0.05) is 23.7 Å². The summed E-state index contributed by atoms with van der Waals surface area (Å²) in [4.78, 5) is 0. The maximum Gasteiger partial charge on any atom is 0.211 e. The number of halogens is 1. The largest absolute Gasteiger partial charge is 0.269 e. The topological polar surface area (TPSA) is 88.8 Å². The number of aromatic amines is 1. The Hall–Kier alpha value is -2.01. The molecule has 0 saturated carbocycles. The average molecular weight is 453 g/mol. The third-order valence-corrected chi connectivity index (χ3v) is 6.85. The second-order valence-electron chi connectivity index (χ2n) is 7.21. The summed E-state index contributed by atoms with van der Waals surface area (Å²) in [6.07, 6.45) is 6.52. The van der Waals surface area contributed by atoms with Gasteiger partial charge in [0, 0.05) is 30.2 Å². The van der Waals surface area contributed by atoms with Gasteiger partial charge in [0.15, 0.2) is 4.77 Å². The smallest absolute Gasteiger partial charge is 0.211 e. The molecule has 4 rings (SSSR count). The molecule has 0 spiro atoms. The van der Waals surface area contributed by atoms with Crippen molar-refractivity contribution in [3.05, 3.63) is 57.8 Å². The molecule has 0 aliphatic carbocycles. The van der Waals surface area contributed by atoms with E-state index in [1.54, 1.807) is 6.20 Å². The van der Waals surface area contributed by atoms with E-state index in [2.05, 4.69) is 15.3 Å². The number of rotatable bonds is 5. The molecule has 8 nitrogen and oxygen atoms in total. The summed E-state index contributed by atoms with van der Waals surface area (Å²) in [5, 5.41) is 12.4. The molecule has 1 aromatic carbocycles. The van der Waals surface area contributed by atoms with Crippen LogP contribution in [0.4, 0.5) is 0 Å². The number of aromatic nitrogens is 5. The van der Waals surface area contributed by atoms with Crippen molar-refractivity contribution in [3.8, 4) is 5.69 Å². The highest BCUT2D eigenvalue weighted by Crippen LogP contribution is 2.28. The fourth-order valence-electron chi connectivity index (χ4n) is 3.62. The van der Waals surface area contributed by atoms with Crippen molar-refractivity contribution in [2.75, 3.05) is 19.3 Å². The molecule has 2 aromatic heterocycles. The van der Waals surface area contributed by atoms with Crippen LogP contribution in [-0.4, -0.2) is 56.6 Å². The third kappa shape index (κ3) is 4.45. The van der Waals surface area contributed by atoms with E-state index >= 15 is 0 Å². The van der Waals surface area contributed by atoms with Crippen LogP contribution in [0.3, 0.4) is 0 Å². The fourth-order valence-corrected chi connectivity index (χ4v) is 4.90. The van der Waals surface area contributed by atoms with E-state index in [1.807, 2.05) is 39.7 Å². The molecule has 0 amide bonds. The highest BCUT2D eigenvalue weighted by molar-refractivity contribution is 7.88. The van der Waals surface area contributed by atoms with Crippen molar-refractivity contribution in [1.29, 1.82) is 0 Å². The Bertz CT molecular complexity index is 1170. The fraction of sp³-hybridized carbons (Fsp3) is 0.389. The Morgan fingerprint density at radius 2 is 2.07 bits per heavy atom. The predicted molar refractivity (Wildman–Crippen MR) is 113 cm³/mol. The van der Waals surface area contributed by atoms with Gasteiger partial charge >= 0.3 is 0 Å². The Balaban J connectivity index is 1.60. The molecule has 29 heavy (non-hydrogen) atoms. The molecule has 1 saturated heterocycles. The molecular formula is C18H21ClN6O2S2. The van der Waals surface area contributed by atoms with Gasteiger partial charge in [-0.3, -0.25) is 14.3 Å². The molecule has 1 N–H and O–H groups in total. The van der Waals surface area contributed by atoms with E-state index < -0.39 is 10.0 Å². The quantitative estimate of drug-likeness (QED) is 0.601. The van der Waals surface area contributed by atoms with Crippen molar-refractivity contribution in [2.24, 2.45) is 0 Å². The zero-order valence-electron chi connectivity index (χ0n) is 15.8. The van der Waals surface area contributed by atoms with Crippen molar-refractivity contribution in [3.63, 3.8) is 0 Å². The zero-order chi connectivity index (χ0) is 20.6. The van der Waals surface area contributed by atoms with Gasteiger partial charge in [-0.2, -0.15) is 10.2 Å². The molecule has 3 aromatic rings. The van der Waals surface area contributed by atoms with E-state index in [0.717, 1.165) is 29.9 Å². The van der Waals surface area contributed by atoms with Crippen molar-refractivity contribution < 1.29 is 8.42 Å². The zero-order valence-corrected chi connectivity index (χ0v) is 18.2. The summed E-state index contributed by atoms with van der Waals surface area (Å²) in [6.45, 7) is 1.54. The SMILES string of the molecule is CS(=O)(=O)N1CCCC(c2n[nH]c(=S)n2-c2cnn(Cc3ccc(Cl)cc3)c2)C1. The Morgan fingerprint density at radius 1 is 1.31 bits per heavy atom. The highest BCUT2D eigenvalue weighted by Gasteiger charge is 2.30. The lowest BCUT2D eigenvalue weighted by Crippen LogP contribution is -2.39. The monoisotopic (exact) mass is 452 g/mol. The molecule has 11 heteroatoms. The van der Waals surface area contributed by atoms with Gasteiger partial charge in [-0.15, -0.1) is 0 Å². The molecule has 0 bridgehead atoms. The highest BCUT2D eigenvalue weighted by atomic mass is 35.5. The standard InChI is InChI=1S/C18H21ClN6O2S2/c1-29(26,27)24-8-2-3-14(11-24)17-21-22-18(28)25(17)16-9-20-23(12-16)10-13-4-6-15(19)7-5-13/h4-7,9,12,14H,2-3,8,10-11H2,1H3,(H,22,28). The summed E-state index contributed by atoms with van der Waals surface area (Å²) in [6, 6.07) is 7.62. The van der Waals surface area contributed by atoms with E-state index in [0.29, 0.717) is 29.4 Å². The lowest BCUT2D eigenvalue weighted by Gasteiger charge is -2.30. The van der Waals surface area contributed by atoms with Crippen LogP contribution in [0.15, 0.2) is 36.7 Å². The number of nitrogens with zero attached hydrogens (tertiary/aromatic N) is 5. The van der Waals surface area contributed by atoms with Crippen LogP contribution in [0.2, 0.25) is 5.02 Å². The summed E-state index contributed by atoms with van der Waals surface area (Å²) < 4.78 is 29.6. The van der Waals surface area contributed by atoms with Gasteiger partial charge in [0.05, 0.1) is 24.7 Å². The summed E-state index contributed by atoms with van der Waals surface area (Å²) in [7, 11) is -3.24. The van der Waals surface area contributed by atoms with Crippen LogP contribution in [0.25, 0.3) is 5.69 Å². The second kappa shape index (κ2) is 8.02. The van der Waals surface area contributed by atoms with Crippen LogP contribution >= 0.6 is 23.8 Å². The Labute approximate surface area is 179 Å². The molecule has 0 radical (unpaired) electrons. The van der Waals surface area contributed by atoms with Crippen molar-refractivity contribution in [1.82, 2.24) is 28.9 Å². The van der Waals surface area contributed by atoms with Crippen LogP contribution < -0.4 is 0 Å². The molecule has 154 valence electrons. The lowest BCUT2D eigenvalue weighted by atomic mass is 9.99. The number of nitrogens with one attached hydrogen (secondary N) is 1. The minimum absolute atomic E-state index is 0.0361. The van der Waals surface area contributed by atoms with E-state index in [1.165, 1.54) is 10.6 Å². The van der Waals surface area contributed by atoms with Crippen LogP contribution in [0.5, 0.6) is 0 Å². The number of H-pyrrole nitrogens is 1. The number of hydrogen-bond acceptors (Lipinski definition) is 5. The van der Waals surface area contributed by atoms with Crippen molar-refractivity contribution >= 4 is 33.8 Å². The minimum Gasteiger partial charge on any atom is -0.269 e. The number of hydrogen-bond donors (Lipinski definition) is 1. The lowest BCUT2D eigenvalue weighted by molar-refractivity contribution is 0.309. The molecular weight excluding hydrogens is 432 g/mol. The predicted octanol–water partition coefficient (Wildman–Crippen LogP) is 2.97. The van der Waals surface area contributed by atoms with Gasteiger partial charge in [0.2, 0.25) is 10.0 Å². The third-order valence-electron chi connectivity index (χ3n) is 5.05. The molecule has 1 atom stereocenters. The summed E-state index contributed by atoms with van der Waals surface area (Å²) >= 11 is 11.4. The first-order valence-electron chi connectivity index (χ1n) is 9.21. The van der Waals surface area contributed by atoms with Crippen molar-refractivity contribution in [2.45, 2.75) is 25.3 Å². The Kier molecular flexibility index (Phi) is 5.60. The summed E-state index contributed by atoms with van der Waals surface area (Å²) in [5.41, 5.74) is 1.88.